The van der Waals surface area contributed by atoms with Gasteiger partial charge in [0.05, 0.1) is 6.04 Å². The molecule has 0 amide bonds. The summed E-state index contributed by atoms with van der Waals surface area (Å²) in [6.07, 6.45) is 10.4. The van der Waals surface area contributed by atoms with Crippen molar-refractivity contribution in [2.24, 2.45) is 0 Å². The molecule has 0 saturated carbocycles. The fraction of sp³-hybridized carbons (Fsp3) is 0.250. The van der Waals surface area contributed by atoms with Crippen LogP contribution >= 0.6 is 0 Å². The lowest BCUT2D eigenvalue weighted by Crippen LogP contribution is -2.27. The van der Waals surface area contributed by atoms with Crippen LogP contribution in [0.4, 0.5) is 0 Å². The summed E-state index contributed by atoms with van der Waals surface area (Å²) in [7, 11) is 0. The van der Waals surface area contributed by atoms with E-state index in [2.05, 4.69) is 54.6 Å². The van der Waals surface area contributed by atoms with Crippen molar-refractivity contribution in [3.05, 3.63) is 66.9 Å². The molecule has 0 bridgehead atoms. The van der Waals surface area contributed by atoms with Gasteiger partial charge in [0.1, 0.15) is 0 Å². The minimum atomic E-state index is 0.425. The van der Waals surface area contributed by atoms with Gasteiger partial charge in [-0.15, -0.1) is 13.2 Å². The number of fused-ring (bicyclic) bond motifs is 1. The van der Waals surface area contributed by atoms with Gasteiger partial charge in [-0.2, -0.15) is 0 Å². The van der Waals surface area contributed by atoms with Gasteiger partial charge in [-0.1, -0.05) is 36.4 Å². The summed E-state index contributed by atoms with van der Waals surface area (Å²) < 4.78 is 0. The molecule has 1 aromatic rings. The quantitative estimate of drug-likeness (QED) is 0.680. The predicted molar refractivity (Wildman–Crippen MR) is 74.6 cm³/mol. The molecule has 1 nitrogen and oxygen atoms in total. The van der Waals surface area contributed by atoms with Crippen LogP contribution in [0.2, 0.25) is 0 Å². The largest absolute Gasteiger partial charge is 0.370 e. The van der Waals surface area contributed by atoms with Crippen molar-refractivity contribution in [3.63, 3.8) is 0 Å². The summed E-state index contributed by atoms with van der Waals surface area (Å²) in [6.45, 7) is 8.68. The second-order valence-corrected chi connectivity index (χ2v) is 4.30. The summed E-state index contributed by atoms with van der Waals surface area (Å²) in [5.41, 5.74) is 2.73. The van der Waals surface area contributed by atoms with Crippen LogP contribution in [-0.2, 0) is 0 Å². The van der Waals surface area contributed by atoms with E-state index in [4.69, 9.17) is 0 Å². The molecule has 17 heavy (non-hydrogen) atoms. The first kappa shape index (κ1) is 11.7. The highest BCUT2D eigenvalue weighted by atomic mass is 15.1. The maximum atomic E-state index is 3.87. The van der Waals surface area contributed by atoms with E-state index in [-0.39, 0.29) is 0 Å². The van der Waals surface area contributed by atoms with Crippen LogP contribution in [0.15, 0.2) is 55.8 Å². The third-order valence-corrected chi connectivity index (χ3v) is 3.18. The van der Waals surface area contributed by atoms with Crippen molar-refractivity contribution in [3.8, 4) is 0 Å². The van der Waals surface area contributed by atoms with Gasteiger partial charge in [0.15, 0.2) is 0 Å². The van der Waals surface area contributed by atoms with Crippen LogP contribution in [0.1, 0.15) is 30.0 Å². The average Bonchev–Trinajstić information content (AvgIpc) is 2.38. The highest BCUT2D eigenvalue weighted by Crippen LogP contribution is 2.32. The van der Waals surface area contributed by atoms with Crippen LogP contribution < -0.4 is 0 Å². The topological polar surface area (TPSA) is 3.24 Å². The Labute approximate surface area is 104 Å². The third-order valence-electron chi connectivity index (χ3n) is 3.18. The van der Waals surface area contributed by atoms with Crippen LogP contribution in [-0.4, -0.2) is 11.4 Å². The molecule has 1 aliphatic heterocycles. The fourth-order valence-corrected chi connectivity index (χ4v) is 2.32. The normalized spacial score (nSPS) is 17.6. The van der Waals surface area contributed by atoms with E-state index in [9.17, 15) is 0 Å². The second-order valence-electron chi connectivity index (χ2n) is 4.30. The summed E-state index contributed by atoms with van der Waals surface area (Å²) >= 11 is 0. The summed E-state index contributed by atoms with van der Waals surface area (Å²) in [5, 5.41) is 0. The fourth-order valence-electron chi connectivity index (χ4n) is 2.32. The van der Waals surface area contributed by atoms with E-state index < -0.39 is 0 Å². The van der Waals surface area contributed by atoms with E-state index >= 15 is 0 Å². The van der Waals surface area contributed by atoms with E-state index in [1.807, 2.05) is 12.2 Å². The van der Waals surface area contributed by atoms with Gasteiger partial charge in [-0.3, -0.25) is 0 Å². The SMILES string of the molecule is C=CCCN1C=Cc2ccccc2C1CC=C. The number of nitrogens with zero attached hydrogens (tertiary/aromatic N) is 1. The molecule has 1 heteroatoms. The number of benzene rings is 1. The van der Waals surface area contributed by atoms with Gasteiger partial charge in [-0.05, 0) is 30.0 Å². The first-order chi connectivity index (χ1) is 8.36. The lowest BCUT2D eigenvalue weighted by Gasteiger charge is -2.34. The zero-order valence-electron chi connectivity index (χ0n) is 10.2. The van der Waals surface area contributed by atoms with Crippen molar-refractivity contribution in [2.45, 2.75) is 18.9 Å². The first-order valence-electron chi connectivity index (χ1n) is 6.11. The maximum absolute atomic E-state index is 3.87. The van der Waals surface area contributed by atoms with E-state index in [0.717, 1.165) is 19.4 Å². The van der Waals surface area contributed by atoms with E-state index in [1.54, 1.807) is 0 Å². The van der Waals surface area contributed by atoms with Crippen LogP contribution in [0, 0.1) is 0 Å². The summed E-state index contributed by atoms with van der Waals surface area (Å²) in [5.74, 6) is 0. The molecule has 0 spiro atoms. The van der Waals surface area contributed by atoms with Gasteiger partial charge in [0.2, 0.25) is 0 Å². The smallest absolute Gasteiger partial charge is 0.0577 e. The zero-order valence-corrected chi connectivity index (χ0v) is 10.2. The molecule has 1 aromatic carbocycles. The average molecular weight is 225 g/mol. The number of hydrogen-bond acceptors (Lipinski definition) is 1. The van der Waals surface area contributed by atoms with Crippen molar-refractivity contribution < 1.29 is 0 Å². The standard InChI is InChI=1S/C16H19N/c1-3-5-12-17-13-11-14-9-6-7-10-15(14)16(17)8-4-2/h3-4,6-7,9-11,13,16H,1-2,5,8,12H2. The Morgan fingerprint density at radius 3 is 2.76 bits per heavy atom. The van der Waals surface area contributed by atoms with Crippen LogP contribution in [0.5, 0.6) is 0 Å². The van der Waals surface area contributed by atoms with Gasteiger partial charge in [-0.25, -0.2) is 0 Å². The zero-order chi connectivity index (χ0) is 12.1. The maximum Gasteiger partial charge on any atom is 0.0577 e. The van der Waals surface area contributed by atoms with Crippen LogP contribution in [0.3, 0.4) is 0 Å². The van der Waals surface area contributed by atoms with Gasteiger partial charge < -0.3 is 4.90 Å². The molecule has 0 aromatic heterocycles. The monoisotopic (exact) mass is 225 g/mol. The Bertz CT molecular complexity index is 431. The molecule has 0 aliphatic carbocycles. The lowest BCUT2D eigenvalue weighted by atomic mass is 9.94. The molecule has 0 saturated heterocycles. The second kappa shape index (κ2) is 5.53. The molecule has 1 unspecified atom stereocenters. The Hall–Kier alpha value is -1.76. The van der Waals surface area contributed by atoms with Crippen molar-refractivity contribution >= 4 is 6.08 Å². The molecule has 1 heterocycles. The number of rotatable bonds is 5. The molecule has 88 valence electrons. The summed E-state index contributed by atoms with van der Waals surface area (Å²) in [6, 6.07) is 9.02. The Kier molecular flexibility index (Phi) is 3.81. The van der Waals surface area contributed by atoms with Crippen LogP contribution in [0.25, 0.3) is 6.08 Å². The van der Waals surface area contributed by atoms with Crippen molar-refractivity contribution in [1.82, 2.24) is 4.90 Å². The molecule has 0 N–H and O–H groups in total. The first-order valence-corrected chi connectivity index (χ1v) is 6.11. The van der Waals surface area contributed by atoms with E-state index in [0.29, 0.717) is 6.04 Å². The summed E-state index contributed by atoms with van der Waals surface area (Å²) in [4.78, 5) is 2.38. The van der Waals surface area contributed by atoms with Crippen molar-refractivity contribution in [2.75, 3.05) is 6.54 Å². The predicted octanol–water partition coefficient (Wildman–Crippen LogP) is 4.17. The third kappa shape index (κ3) is 2.50. The number of hydrogen-bond donors (Lipinski definition) is 0. The lowest BCUT2D eigenvalue weighted by molar-refractivity contribution is 0.283. The minimum Gasteiger partial charge on any atom is -0.370 e. The Morgan fingerprint density at radius 1 is 1.18 bits per heavy atom. The molecular formula is C16H19N. The molecule has 0 fully saturated rings. The molecule has 1 aliphatic rings. The van der Waals surface area contributed by atoms with Gasteiger partial charge in [0.25, 0.3) is 0 Å². The van der Waals surface area contributed by atoms with Gasteiger partial charge in [0, 0.05) is 12.7 Å². The Balaban J connectivity index is 2.27. The van der Waals surface area contributed by atoms with Crippen molar-refractivity contribution in [1.29, 1.82) is 0 Å². The molecule has 2 rings (SSSR count). The van der Waals surface area contributed by atoms with E-state index in [1.165, 1.54) is 11.1 Å². The Morgan fingerprint density at radius 2 is 2.00 bits per heavy atom. The molecular weight excluding hydrogens is 206 g/mol. The molecule has 0 radical (unpaired) electrons. The van der Waals surface area contributed by atoms with Gasteiger partial charge >= 0.3 is 0 Å². The minimum absolute atomic E-state index is 0.425. The molecule has 1 atom stereocenters. The highest BCUT2D eigenvalue weighted by molar-refractivity contribution is 5.57. The highest BCUT2D eigenvalue weighted by Gasteiger charge is 2.21.